The van der Waals surface area contributed by atoms with Crippen LogP contribution in [0.4, 0.5) is 0 Å². The Kier molecular flexibility index (Phi) is 3.83. The molecule has 2 aliphatic rings. The molecule has 2 heterocycles. The zero-order valence-corrected chi connectivity index (χ0v) is 14.9. The van der Waals surface area contributed by atoms with Crippen molar-refractivity contribution in [2.24, 2.45) is 11.8 Å². The average molecular weight is 342 g/mol. The van der Waals surface area contributed by atoms with E-state index in [1.165, 1.54) is 0 Å². The Bertz CT molecular complexity index is 767. The number of amides is 2. The fraction of sp³-hybridized carbons (Fsp3) is 0.474. The van der Waals surface area contributed by atoms with Gasteiger partial charge in [0.1, 0.15) is 0 Å². The summed E-state index contributed by atoms with van der Waals surface area (Å²) in [4.78, 5) is 29.4. The second kappa shape index (κ2) is 5.88. The number of carbonyl (C=O) groups excluding carboxylic acids is 2. The summed E-state index contributed by atoms with van der Waals surface area (Å²) in [7, 11) is 3.80. The number of hydrogen-bond acceptors (Lipinski definition) is 3. The Hall–Kier alpha value is -1.88. The van der Waals surface area contributed by atoms with Crippen LogP contribution in [0.25, 0.3) is 10.1 Å². The van der Waals surface area contributed by atoms with Gasteiger partial charge in [-0.15, -0.1) is 11.3 Å². The van der Waals surface area contributed by atoms with Crippen molar-refractivity contribution < 1.29 is 9.59 Å². The number of thiophene rings is 1. The summed E-state index contributed by atoms with van der Waals surface area (Å²) in [6, 6.07) is 10.4. The van der Waals surface area contributed by atoms with Crippen molar-refractivity contribution in [3.63, 3.8) is 0 Å². The van der Waals surface area contributed by atoms with E-state index in [-0.39, 0.29) is 17.9 Å². The summed E-state index contributed by atoms with van der Waals surface area (Å²) in [5.74, 6) is 1.33. The fourth-order valence-electron chi connectivity index (χ4n) is 4.23. The molecular weight excluding hydrogens is 320 g/mol. The van der Waals surface area contributed by atoms with E-state index >= 15 is 0 Å². The van der Waals surface area contributed by atoms with Gasteiger partial charge in [-0.1, -0.05) is 18.2 Å². The van der Waals surface area contributed by atoms with Gasteiger partial charge >= 0.3 is 0 Å². The predicted octanol–water partition coefficient (Wildman–Crippen LogP) is 3.23. The zero-order chi connectivity index (χ0) is 16.8. The van der Waals surface area contributed by atoms with Gasteiger partial charge in [-0.2, -0.15) is 0 Å². The van der Waals surface area contributed by atoms with Crippen molar-refractivity contribution in [3.8, 4) is 0 Å². The molecule has 1 aromatic carbocycles. The number of piperidine rings is 1. The van der Waals surface area contributed by atoms with Crippen LogP contribution in [-0.2, 0) is 4.79 Å². The molecule has 1 saturated heterocycles. The molecule has 0 unspecified atom stereocenters. The molecule has 5 heteroatoms. The monoisotopic (exact) mass is 342 g/mol. The average Bonchev–Trinajstić information content (AvgIpc) is 3.17. The summed E-state index contributed by atoms with van der Waals surface area (Å²) in [6.45, 7) is 0.838. The van der Waals surface area contributed by atoms with Crippen molar-refractivity contribution in [2.45, 2.75) is 25.3 Å². The van der Waals surface area contributed by atoms with E-state index in [9.17, 15) is 9.59 Å². The van der Waals surface area contributed by atoms with E-state index in [1.807, 2.05) is 48.2 Å². The molecule has 2 aromatic rings. The molecule has 0 bridgehead atoms. The van der Waals surface area contributed by atoms with Crippen LogP contribution in [0, 0.1) is 11.8 Å². The van der Waals surface area contributed by atoms with Crippen LogP contribution in [0.3, 0.4) is 0 Å². The van der Waals surface area contributed by atoms with E-state index < -0.39 is 0 Å². The highest BCUT2D eigenvalue weighted by Gasteiger charge is 2.42. The molecule has 0 spiro atoms. The molecule has 3 atom stereocenters. The smallest absolute Gasteiger partial charge is 0.263 e. The normalized spacial score (nSPS) is 26.7. The van der Waals surface area contributed by atoms with Gasteiger partial charge < -0.3 is 9.80 Å². The third kappa shape index (κ3) is 2.61. The van der Waals surface area contributed by atoms with Crippen LogP contribution in [0.5, 0.6) is 0 Å². The molecule has 24 heavy (non-hydrogen) atoms. The van der Waals surface area contributed by atoms with Crippen molar-refractivity contribution in [1.82, 2.24) is 9.80 Å². The third-order valence-electron chi connectivity index (χ3n) is 5.69. The first-order chi connectivity index (χ1) is 11.5. The quantitative estimate of drug-likeness (QED) is 0.841. The molecule has 4 nitrogen and oxygen atoms in total. The summed E-state index contributed by atoms with van der Waals surface area (Å²) in [5, 5.41) is 1.13. The van der Waals surface area contributed by atoms with Gasteiger partial charge in [0.25, 0.3) is 5.91 Å². The number of hydrogen-bond donors (Lipinski definition) is 0. The Morgan fingerprint density at radius 2 is 2.00 bits per heavy atom. The van der Waals surface area contributed by atoms with Crippen molar-refractivity contribution >= 4 is 33.2 Å². The fourth-order valence-corrected chi connectivity index (χ4v) is 5.28. The van der Waals surface area contributed by atoms with E-state index in [0.717, 1.165) is 34.3 Å². The lowest BCUT2D eigenvalue weighted by Crippen LogP contribution is -2.39. The lowest BCUT2D eigenvalue weighted by Gasteiger charge is -2.31. The van der Waals surface area contributed by atoms with Gasteiger partial charge in [0.05, 0.1) is 4.88 Å². The topological polar surface area (TPSA) is 40.6 Å². The van der Waals surface area contributed by atoms with Crippen LogP contribution >= 0.6 is 11.3 Å². The van der Waals surface area contributed by atoms with Crippen LogP contribution in [-0.4, -0.2) is 48.3 Å². The molecule has 1 aliphatic heterocycles. The van der Waals surface area contributed by atoms with Gasteiger partial charge in [-0.05, 0) is 42.2 Å². The highest BCUT2D eigenvalue weighted by Crippen LogP contribution is 2.40. The SMILES string of the molecule is CN1C[C@@H]2C[C@H](N(C)C(=O)c3cc4ccccc4s3)C[C@@H]2CC1=O. The summed E-state index contributed by atoms with van der Waals surface area (Å²) >= 11 is 1.57. The van der Waals surface area contributed by atoms with Gasteiger partial charge in [0.15, 0.2) is 0 Å². The number of carbonyl (C=O) groups is 2. The van der Waals surface area contributed by atoms with Crippen LogP contribution in [0.15, 0.2) is 30.3 Å². The highest BCUT2D eigenvalue weighted by molar-refractivity contribution is 7.20. The summed E-state index contributed by atoms with van der Waals surface area (Å²) < 4.78 is 1.15. The Balaban J connectivity index is 1.50. The van der Waals surface area contributed by atoms with E-state index in [0.29, 0.717) is 18.3 Å². The second-order valence-corrected chi connectivity index (χ2v) is 8.27. The first-order valence-corrected chi connectivity index (χ1v) is 9.34. The van der Waals surface area contributed by atoms with Gasteiger partial charge in [-0.25, -0.2) is 0 Å². The lowest BCUT2D eigenvalue weighted by molar-refractivity contribution is -0.134. The minimum Gasteiger partial charge on any atom is -0.345 e. The van der Waals surface area contributed by atoms with Gasteiger partial charge in [0, 0.05) is 37.8 Å². The molecular formula is C19H22N2O2S. The number of nitrogens with zero attached hydrogens (tertiary/aromatic N) is 2. The molecule has 4 rings (SSSR count). The Labute approximate surface area is 146 Å². The minimum absolute atomic E-state index is 0.111. The van der Waals surface area contributed by atoms with Crippen LogP contribution in [0.2, 0.25) is 0 Å². The summed E-state index contributed by atoms with van der Waals surface area (Å²) in [5.41, 5.74) is 0. The molecule has 1 aromatic heterocycles. The first kappa shape index (κ1) is 15.6. The number of rotatable bonds is 2. The maximum Gasteiger partial charge on any atom is 0.263 e. The van der Waals surface area contributed by atoms with Crippen LogP contribution in [0.1, 0.15) is 28.9 Å². The zero-order valence-electron chi connectivity index (χ0n) is 14.1. The second-order valence-electron chi connectivity index (χ2n) is 7.19. The van der Waals surface area contributed by atoms with Gasteiger partial charge in [0.2, 0.25) is 5.91 Å². The molecule has 2 fully saturated rings. The maximum atomic E-state index is 12.9. The maximum absolute atomic E-state index is 12.9. The Morgan fingerprint density at radius 1 is 1.25 bits per heavy atom. The van der Waals surface area contributed by atoms with Crippen molar-refractivity contribution in [3.05, 3.63) is 35.2 Å². The molecule has 1 aliphatic carbocycles. The largest absolute Gasteiger partial charge is 0.345 e. The molecule has 2 amide bonds. The minimum atomic E-state index is 0.111. The summed E-state index contributed by atoms with van der Waals surface area (Å²) in [6.07, 6.45) is 2.61. The van der Waals surface area contributed by atoms with E-state index in [4.69, 9.17) is 0 Å². The van der Waals surface area contributed by atoms with Gasteiger partial charge in [-0.3, -0.25) is 9.59 Å². The van der Waals surface area contributed by atoms with E-state index in [2.05, 4.69) is 6.07 Å². The molecule has 0 radical (unpaired) electrons. The molecule has 126 valence electrons. The van der Waals surface area contributed by atoms with Crippen LogP contribution < -0.4 is 0 Å². The van der Waals surface area contributed by atoms with Crippen molar-refractivity contribution in [2.75, 3.05) is 20.6 Å². The number of likely N-dealkylation sites (tertiary alicyclic amines) is 1. The third-order valence-corrected chi connectivity index (χ3v) is 6.80. The first-order valence-electron chi connectivity index (χ1n) is 8.52. The predicted molar refractivity (Wildman–Crippen MR) is 96.2 cm³/mol. The van der Waals surface area contributed by atoms with E-state index in [1.54, 1.807) is 11.3 Å². The number of benzene rings is 1. The highest BCUT2D eigenvalue weighted by atomic mass is 32.1. The standard InChI is InChI=1S/C19H22N2O2S/c1-20-11-14-8-15(7-13(14)10-18(20)22)21(2)19(23)17-9-12-5-3-4-6-16(12)24-17/h3-6,9,13-15H,7-8,10-11H2,1-2H3/t13-,14+,15-/m1/s1. The molecule has 0 N–H and O–H groups in total. The Morgan fingerprint density at radius 3 is 2.79 bits per heavy atom. The van der Waals surface area contributed by atoms with Crippen molar-refractivity contribution in [1.29, 1.82) is 0 Å². The number of fused-ring (bicyclic) bond motifs is 2. The molecule has 1 saturated carbocycles. The lowest BCUT2D eigenvalue weighted by atomic mass is 9.88.